The first-order valence-electron chi connectivity index (χ1n) is 7.15. The Labute approximate surface area is 127 Å². The fourth-order valence-electron chi connectivity index (χ4n) is 1.85. The van der Waals surface area contributed by atoms with Crippen LogP contribution in [0.3, 0.4) is 0 Å². The number of nitrogens with zero attached hydrogens (tertiary/aromatic N) is 1. The Morgan fingerprint density at radius 3 is 2.76 bits per heavy atom. The van der Waals surface area contributed by atoms with E-state index in [4.69, 9.17) is 5.11 Å². The number of benzene rings is 1. The van der Waals surface area contributed by atoms with E-state index in [1.54, 1.807) is 6.07 Å². The average Bonchev–Trinajstić information content (AvgIpc) is 2.45. The molecular formula is C17H24N2O2. The quantitative estimate of drug-likeness (QED) is 0.806. The molecule has 0 fully saturated rings. The number of amides is 1. The van der Waals surface area contributed by atoms with Gasteiger partial charge in [0.25, 0.3) is 5.91 Å². The van der Waals surface area contributed by atoms with Crippen LogP contribution < -0.4 is 5.32 Å². The molecule has 0 bridgehead atoms. The zero-order chi connectivity index (χ0) is 15.8. The van der Waals surface area contributed by atoms with Crippen molar-refractivity contribution < 1.29 is 9.90 Å². The van der Waals surface area contributed by atoms with Gasteiger partial charge in [-0.15, -0.1) is 0 Å². The highest BCUT2D eigenvalue weighted by Gasteiger charge is 2.11. The SMILES string of the molecule is Cc1c(C#CCO)cccc1C(=O)NCCN(C)C(C)C. The van der Waals surface area contributed by atoms with Crippen molar-refractivity contribution in [1.29, 1.82) is 0 Å². The van der Waals surface area contributed by atoms with Crippen molar-refractivity contribution >= 4 is 5.91 Å². The number of hydrogen-bond donors (Lipinski definition) is 2. The predicted octanol–water partition coefficient (Wildman–Crippen LogP) is 1.41. The summed E-state index contributed by atoms with van der Waals surface area (Å²) in [7, 11) is 2.03. The van der Waals surface area contributed by atoms with Crippen LogP contribution in [0.2, 0.25) is 0 Å². The van der Waals surface area contributed by atoms with Crippen LogP contribution in [0.4, 0.5) is 0 Å². The first-order valence-corrected chi connectivity index (χ1v) is 7.15. The minimum atomic E-state index is -0.183. The zero-order valence-corrected chi connectivity index (χ0v) is 13.2. The smallest absolute Gasteiger partial charge is 0.251 e. The molecule has 4 nitrogen and oxygen atoms in total. The second-order valence-corrected chi connectivity index (χ2v) is 5.27. The van der Waals surface area contributed by atoms with Crippen molar-refractivity contribution in [3.05, 3.63) is 34.9 Å². The molecule has 0 saturated heterocycles. The van der Waals surface area contributed by atoms with Crippen molar-refractivity contribution in [2.75, 3.05) is 26.7 Å². The summed E-state index contributed by atoms with van der Waals surface area (Å²) >= 11 is 0. The monoisotopic (exact) mass is 288 g/mol. The first-order chi connectivity index (χ1) is 9.97. The normalized spacial score (nSPS) is 10.4. The van der Waals surface area contributed by atoms with Gasteiger partial charge in [-0.25, -0.2) is 0 Å². The highest BCUT2D eigenvalue weighted by Crippen LogP contribution is 2.12. The van der Waals surface area contributed by atoms with Gasteiger partial charge < -0.3 is 15.3 Å². The van der Waals surface area contributed by atoms with Crippen molar-refractivity contribution in [2.45, 2.75) is 26.8 Å². The van der Waals surface area contributed by atoms with E-state index in [1.807, 2.05) is 26.1 Å². The topological polar surface area (TPSA) is 52.6 Å². The Balaban J connectivity index is 2.70. The molecule has 114 valence electrons. The first kappa shape index (κ1) is 17.2. The number of nitrogens with one attached hydrogen (secondary N) is 1. The molecule has 0 radical (unpaired) electrons. The largest absolute Gasteiger partial charge is 0.384 e. The molecule has 0 aliphatic rings. The van der Waals surface area contributed by atoms with E-state index in [1.165, 1.54) is 0 Å². The average molecular weight is 288 g/mol. The summed E-state index contributed by atoms with van der Waals surface area (Å²) in [4.78, 5) is 14.4. The number of carbonyl (C=O) groups excluding carboxylic acids is 1. The van der Waals surface area contributed by atoms with Crippen LogP contribution in [0.5, 0.6) is 0 Å². The van der Waals surface area contributed by atoms with E-state index < -0.39 is 0 Å². The van der Waals surface area contributed by atoms with Crippen molar-refractivity contribution in [1.82, 2.24) is 10.2 Å². The van der Waals surface area contributed by atoms with Gasteiger partial charge in [-0.05, 0) is 45.5 Å². The highest BCUT2D eigenvalue weighted by atomic mass is 16.2. The van der Waals surface area contributed by atoms with Crippen LogP contribution in [0.15, 0.2) is 18.2 Å². The molecule has 0 aromatic heterocycles. The summed E-state index contributed by atoms with van der Waals surface area (Å²) < 4.78 is 0. The lowest BCUT2D eigenvalue weighted by atomic mass is 10.0. The van der Waals surface area contributed by atoms with Gasteiger partial charge in [0.2, 0.25) is 0 Å². The third kappa shape index (κ3) is 5.22. The molecule has 0 aliphatic heterocycles. The lowest BCUT2D eigenvalue weighted by Gasteiger charge is -2.21. The Bertz CT molecular complexity index is 541. The van der Waals surface area contributed by atoms with Gasteiger partial charge >= 0.3 is 0 Å². The van der Waals surface area contributed by atoms with Gasteiger partial charge in [-0.2, -0.15) is 0 Å². The Kier molecular flexibility index (Phi) is 6.93. The molecule has 1 aromatic rings. The molecule has 1 amide bonds. The van der Waals surface area contributed by atoms with E-state index in [-0.39, 0.29) is 12.5 Å². The van der Waals surface area contributed by atoms with E-state index in [2.05, 4.69) is 35.9 Å². The van der Waals surface area contributed by atoms with E-state index >= 15 is 0 Å². The fraction of sp³-hybridized carbons (Fsp3) is 0.471. The summed E-state index contributed by atoms with van der Waals surface area (Å²) in [6.45, 7) is 7.35. The molecule has 1 rings (SSSR count). The number of carbonyl (C=O) groups is 1. The lowest BCUT2D eigenvalue weighted by Crippen LogP contribution is -2.36. The molecule has 4 heteroatoms. The Hall–Kier alpha value is -1.83. The minimum absolute atomic E-state index is 0.0858. The molecule has 0 spiro atoms. The summed E-state index contributed by atoms with van der Waals surface area (Å²) in [5.74, 6) is 5.38. The number of rotatable bonds is 5. The molecular weight excluding hydrogens is 264 g/mol. The van der Waals surface area contributed by atoms with Crippen LogP contribution >= 0.6 is 0 Å². The second-order valence-electron chi connectivity index (χ2n) is 5.27. The van der Waals surface area contributed by atoms with Gasteiger partial charge in [0, 0.05) is 30.3 Å². The summed E-state index contributed by atoms with van der Waals surface area (Å²) in [6, 6.07) is 5.91. The standard InChI is InChI=1S/C17H24N2O2/c1-13(2)19(4)11-10-18-17(21)16-9-5-7-15(14(16)3)8-6-12-20/h5,7,9,13,20H,10-12H2,1-4H3,(H,18,21). The van der Waals surface area contributed by atoms with Crippen molar-refractivity contribution in [3.8, 4) is 11.8 Å². The van der Waals surface area contributed by atoms with Crippen LogP contribution in [0.25, 0.3) is 0 Å². The van der Waals surface area contributed by atoms with Crippen LogP contribution in [0.1, 0.15) is 35.3 Å². The Morgan fingerprint density at radius 1 is 1.43 bits per heavy atom. The number of aliphatic hydroxyl groups is 1. The van der Waals surface area contributed by atoms with Crippen LogP contribution in [-0.2, 0) is 0 Å². The number of aliphatic hydroxyl groups excluding tert-OH is 1. The maximum Gasteiger partial charge on any atom is 0.251 e. The summed E-state index contributed by atoms with van der Waals surface area (Å²) in [5, 5.41) is 11.7. The van der Waals surface area contributed by atoms with Gasteiger partial charge in [-0.1, -0.05) is 17.9 Å². The molecule has 0 aliphatic carbocycles. The van der Waals surface area contributed by atoms with Gasteiger partial charge in [0.1, 0.15) is 6.61 Å². The number of hydrogen-bond acceptors (Lipinski definition) is 3. The highest BCUT2D eigenvalue weighted by molar-refractivity contribution is 5.96. The molecule has 0 heterocycles. The molecule has 1 aromatic carbocycles. The minimum Gasteiger partial charge on any atom is -0.384 e. The van der Waals surface area contributed by atoms with Gasteiger partial charge in [-0.3, -0.25) is 4.79 Å². The maximum absolute atomic E-state index is 12.2. The zero-order valence-electron chi connectivity index (χ0n) is 13.2. The van der Waals surface area contributed by atoms with Crippen molar-refractivity contribution in [3.63, 3.8) is 0 Å². The fourth-order valence-corrected chi connectivity index (χ4v) is 1.85. The van der Waals surface area contributed by atoms with Crippen LogP contribution in [0, 0.1) is 18.8 Å². The number of likely N-dealkylation sites (N-methyl/N-ethyl adjacent to an activating group) is 1. The van der Waals surface area contributed by atoms with E-state index in [0.29, 0.717) is 18.2 Å². The van der Waals surface area contributed by atoms with Crippen LogP contribution in [-0.4, -0.2) is 48.7 Å². The van der Waals surface area contributed by atoms with Gasteiger partial charge in [0.05, 0.1) is 0 Å². The second kappa shape index (κ2) is 8.46. The summed E-state index contributed by atoms with van der Waals surface area (Å²) in [5.41, 5.74) is 2.25. The molecule has 0 unspecified atom stereocenters. The van der Waals surface area contributed by atoms with E-state index in [0.717, 1.165) is 17.7 Å². The molecule has 0 atom stereocenters. The lowest BCUT2D eigenvalue weighted by molar-refractivity contribution is 0.0947. The molecule has 0 saturated carbocycles. The van der Waals surface area contributed by atoms with Crippen molar-refractivity contribution in [2.24, 2.45) is 0 Å². The maximum atomic E-state index is 12.2. The predicted molar refractivity (Wildman–Crippen MR) is 85.2 cm³/mol. The van der Waals surface area contributed by atoms with E-state index in [9.17, 15) is 4.79 Å². The summed E-state index contributed by atoms with van der Waals surface area (Å²) in [6.07, 6.45) is 0. The van der Waals surface area contributed by atoms with Gasteiger partial charge in [0.15, 0.2) is 0 Å². The molecule has 21 heavy (non-hydrogen) atoms. The molecule has 2 N–H and O–H groups in total. The Morgan fingerprint density at radius 2 is 2.14 bits per heavy atom. The third-order valence-corrected chi connectivity index (χ3v) is 3.51. The third-order valence-electron chi connectivity index (χ3n) is 3.51.